The Bertz CT molecular complexity index is 488. The number of nitrogens with two attached hydrogens (primary N) is 1. The van der Waals surface area contributed by atoms with Crippen molar-refractivity contribution >= 4 is 7.60 Å². The van der Waals surface area contributed by atoms with Gasteiger partial charge in [-0.1, -0.05) is 6.07 Å². The maximum Gasteiger partial charge on any atom is 0.351 e. The van der Waals surface area contributed by atoms with Crippen LogP contribution in [0.15, 0.2) is 12.1 Å². The fraction of sp³-hybridized carbons (Fsp3) is 0.455. The second kappa shape index (κ2) is 6.52. The molecule has 0 radical (unpaired) electrons. The minimum atomic E-state index is -3.85. The van der Waals surface area contributed by atoms with Crippen molar-refractivity contribution in [2.24, 2.45) is 5.73 Å². The lowest BCUT2D eigenvalue weighted by Crippen LogP contribution is -2.17. The summed E-state index contributed by atoms with van der Waals surface area (Å²) in [6, 6.07) is 1.62. The van der Waals surface area contributed by atoms with Gasteiger partial charge < -0.3 is 14.8 Å². The van der Waals surface area contributed by atoms with Crippen molar-refractivity contribution < 1.29 is 26.8 Å². The summed E-state index contributed by atoms with van der Waals surface area (Å²) >= 11 is 0. The number of rotatable bonds is 6. The van der Waals surface area contributed by atoms with Crippen molar-refractivity contribution in [2.75, 3.05) is 13.2 Å². The molecule has 2 N–H and O–H groups in total. The predicted molar refractivity (Wildman–Crippen MR) is 64.1 cm³/mol. The molecule has 1 atom stereocenters. The quantitative estimate of drug-likeness (QED) is 0.646. The van der Waals surface area contributed by atoms with E-state index in [9.17, 15) is 17.7 Å². The van der Waals surface area contributed by atoms with E-state index in [1.165, 1.54) is 0 Å². The van der Waals surface area contributed by atoms with Gasteiger partial charge in [0.05, 0.1) is 13.2 Å². The van der Waals surface area contributed by atoms with Gasteiger partial charge in [-0.2, -0.15) is 0 Å². The number of halogens is 3. The molecule has 0 fully saturated rings. The zero-order valence-corrected chi connectivity index (χ0v) is 11.4. The molecule has 1 rings (SSSR count). The Labute approximate surface area is 109 Å². The molecule has 0 unspecified atom stereocenters. The Hall–Kier alpha value is -0.880. The molecule has 0 aliphatic heterocycles. The van der Waals surface area contributed by atoms with Crippen molar-refractivity contribution in [3.05, 3.63) is 35.1 Å². The highest BCUT2D eigenvalue weighted by atomic mass is 31.2. The Balaban J connectivity index is 3.21. The standard InChI is InChI=1S/C11H15F3NO3P/c1-3-17-19(16,18-4-2)11(15)7-5-6-8(12)10(14)9(7)13/h5-6,11H,3-4,15H2,1-2H3/t11-/m1/s1. The first-order chi connectivity index (χ1) is 8.87. The van der Waals surface area contributed by atoms with Crippen LogP contribution in [-0.4, -0.2) is 13.2 Å². The maximum atomic E-state index is 13.6. The van der Waals surface area contributed by atoms with Gasteiger partial charge in [0.15, 0.2) is 17.5 Å². The summed E-state index contributed by atoms with van der Waals surface area (Å²) < 4.78 is 61.7. The second-order valence-corrected chi connectivity index (χ2v) is 5.74. The van der Waals surface area contributed by atoms with Gasteiger partial charge in [0.25, 0.3) is 0 Å². The van der Waals surface area contributed by atoms with Crippen LogP contribution in [0.3, 0.4) is 0 Å². The molecular weight excluding hydrogens is 282 g/mol. The molecular formula is C11H15F3NO3P. The molecule has 0 aromatic heterocycles. The molecule has 4 nitrogen and oxygen atoms in total. The molecule has 1 aromatic carbocycles. The van der Waals surface area contributed by atoms with Crippen molar-refractivity contribution in [1.29, 1.82) is 0 Å². The largest absolute Gasteiger partial charge is 0.351 e. The van der Waals surface area contributed by atoms with Crippen molar-refractivity contribution in [3.63, 3.8) is 0 Å². The fourth-order valence-corrected chi connectivity index (χ4v) is 3.15. The van der Waals surface area contributed by atoms with Gasteiger partial charge in [0.2, 0.25) is 0 Å². The summed E-state index contributed by atoms with van der Waals surface area (Å²) in [6.07, 6.45) is 0. The van der Waals surface area contributed by atoms with E-state index in [4.69, 9.17) is 14.8 Å². The van der Waals surface area contributed by atoms with Crippen molar-refractivity contribution in [3.8, 4) is 0 Å². The Morgan fingerprint density at radius 2 is 1.68 bits per heavy atom. The minimum absolute atomic E-state index is 0.0241. The van der Waals surface area contributed by atoms with Crippen LogP contribution in [-0.2, 0) is 13.6 Å². The fourth-order valence-electron chi connectivity index (χ4n) is 1.50. The Kier molecular flexibility index (Phi) is 5.55. The third kappa shape index (κ3) is 3.36. The minimum Gasteiger partial charge on any atom is -0.314 e. The maximum absolute atomic E-state index is 13.6. The molecule has 0 bridgehead atoms. The zero-order valence-electron chi connectivity index (χ0n) is 10.5. The van der Waals surface area contributed by atoms with Gasteiger partial charge in [-0.25, -0.2) is 13.2 Å². The first-order valence-electron chi connectivity index (χ1n) is 5.65. The molecule has 0 saturated heterocycles. The van der Waals surface area contributed by atoms with Crippen LogP contribution in [0.5, 0.6) is 0 Å². The highest BCUT2D eigenvalue weighted by Crippen LogP contribution is 2.58. The zero-order chi connectivity index (χ0) is 14.6. The molecule has 0 aliphatic rings. The predicted octanol–water partition coefficient (Wildman–Crippen LogP) is 3.33. The van der Waals surface area contributed by atoms with E-state index in [2.05, 4.69) is 0 Å². The Morgan fingerprint density at radius 3 is 2.16 bits per heavy atom. The van der Waals surface area contributed by atoms with Crippen LogP contribution < -0.4 is 5.73 Å². The van der Waals surface area contributed by atoms with Crippen molar-refractivity contribution in [2.45, 2.75) is 19.6 Å². The summed E-state index contributed by atoms with van der Waals surface area (Å²) in [5.41, 5.74) is 5.17. The van der Waals surface area contributed by atoms with Crippen molar-refractivity contribution in [1.82, 2.24) is 0 Å². The first-order valence-corrected chi connectivity index (χ1v) is 7.26. The molecule has 0 spiro atoms. The first kappa shape index (κ1) is 16.2. The summed E-state index contributed by atoms with van der Waals surface area (Å²) in [5.74, 6) is -6.04. The van der Waals surface area contributed by atoms with E-state index >= 15 is 0 Å². The molecule has 0 saturated carbocycles. The normalized spacial score (nSPS) is 13.6. The number of hydrogen-bond donors (Lipinski definition) is 1. The summed E-state index contributed by atoms with van der Waals surface area (Å²) in [5, 5.41) is 0. The average Bonchev–Trinajstić information content (AvgIpc) is 2.36. The van der Waals surface area contributed by atoms with Crippen LogP contribution >= 0.6 is 7.60 Å². The van der Waals surface area contributed by atoms with E-state index in [0.717, 1.165) is 6.07 Å². The van der Waals surface area contributed by atoms with E-state index in [1.807, 2.05) is 0 Å². The van der Waals surface area contributed by atoms with E-state index in [-0.39, 0.29) is 13.2 Å². The van der Waals surface area contributed by atoms with E-state index < -0.39 is 36.4 Å². The average molecular weight is 297 g/mol. The molecule has 108 valence electrons. The van der Waals surface area contributed by atoms with Gasteiger partial charge in [0.1, 0.15) is 5.78 Å². The molecule has 8 heteroatoms. The summed E-state index contributed by atoms with van der Waals surface area (Å²) in [6.45, 7) is 3.16. The third-order valence-electron chi connectivity index (χ3n) is 2.34. The van der Waals surface area contributed by atoms with Crippen LogP contribution in [0, 0.1) is 17.5 Å². The van der Waals surface area contributed by atoms with E-state index in [0.29, 0.717) is 6.07 Å². The lowest BCUT2D eigenvalue weighted by Gasteiger charge is -2.23. The summed E-state index contributed by atoms with van der Waals surface area (Å²) in [7, 11) is -3.85. The van der Waals surface area contributed by atoms with Gasteiger partial charge in [0, 0.05) is 5.56 Å². The molecule has 19 heavy (non-hydrogen) atoms. The highest BCUT2D eigenvalue weighted by Gasteiger charge is 2.36. The summed E-state index contributed by atoms with van der Waals surface area (Å²) in [4.78, 5) is 0. The molecule has 0 aliphatic carbocycles. The monoisotopic (exact) mass is 297 g/mol. The topological polar surface area (TPSA) is 61.5 Å². The lowest BCUT2D eigenvalue weighted by molar-refractivity contribution is 0.211. The van der Waals surface area contributed by atoms with Crippen LogP contribution in [0.1, 0.15) is 25.2 Å². The van der Waals surface area contributed by atoms with Gasteiger partial charge in [-0.05, 0) is 19.9 Å². The highest BCUT2D eigenvalue weighted by molar-refractivity contribution is 7.54. The number of hydrogen-bond acceptors (Lipinski definition) is 4. The van der Waals surface area contributed by atoms with Gasteiger partial charge >= 0.3 is 7.60 Å². The van der Waals surface area contributed by atoms with Gasteiger partial charge in [-0.15, -0.1) is 0 Å². The second-order valence-electron chi connectivity index (χ2n) is 3.58. The smallest absolute Gasteiger partial charge is 0.314 e. The van der Waals surface area contributed by atoms with Crippen LogP contribution in [0.4, 0.5) is 13.2 Å². The lowest BCUT2D eigenvalue weighted by atomic mass is 10.2. The molecule has 0 amide bonds. The molecule has 0 heterocycles. The molecule has 1 aromatic rings. The SMILES string of the molecule is CCOP(=O)(OCC)[C@@H](N)c1ccc(F)c(F)c1F. The Morgan fingerprint density at radius 1 is 1.16 bits per heavy atom. The van der Waals surface area contributed by atoms with Gasteiger partial charge in [-0.3, -0.25) is 4.57 Å². The number of benzene rings is 1. The van der Waals surface area contributed by atoms with Crippen LogP contribution in [0.25, 0.3) is 0 Å². The van der Waals surface area contributed by atoms with Crippen LogP contribution in [0.2, 0.25) is 0 Å². The van der Waals surface area contributed by atoms with E-state index in [1.54, 1.807) is 13.8 Å². The third-order valence-corrected chi connectivity index (χ3v) is 4.54.